The molecular weight excluding hydrogens is 415 g/mol. The molecule has 0 aliphatic carbocycles. The molecule has 0 unspecified atom stereocenters. The minimum atomic E-state index is -4.51. The van der Waals surface area contributed by atoms with Crippen LogP contribution in [0.4, 0.5) is 13.2 Å². The van der Waals surface area contributed by atoms with Crippen LogP contribution < -0.4 is 10.2 Å². The summed E-state index contributed by atoms with van der Waals surface area (Å²) in [5.41, 5.74) is -0.677. The van der Waals surface area contributed by atoms with E-state index in [0.717, 1.165) is 40.6 Å². The molecule has 0 atom stereocenters. The lowest BCUT2D eigenvalue weighted by molar-refractivity contribution is -0.137. The van der Waals surface area contributed by atoms with Crippen molar-refractivity contribution in [3.8, 4) is 5.75 Å². The number of carbonyl (C=O) groups is 1. The Labute approximate surface area is 165 Å². The van der Waals surface area contributed by atoms with Crippen LogP contribution in [0, 0.1) is 6.92 Å². The van der Waals surface area contributed by atoms with E-state index in [1.807, 2.05) is 12.3 Å². The van der Waals surface area contributed by atoms with Crippen molar-refractivity contribution in [2.24, 2.45) is 0 Å². The predicted octanol–water partition coefficient (Wildman–Crippen LogP) is 4.94. The number of thioether (sulfide) groups is 1. The van der Waals surface area contributed by atoms with Crippen LogP contribution in [0.1, 0.15) is 27.4 Å². The first-order valence-corrected chi connectivity index (χ1v) is 9.65. The quantitative estimate of drug-likeness (QED) is 0.425. The van der Waals surface area contributed by atoms with E-state index in [1.54, 1.807) is 0 Å². The van der Waals surface area contributed by atoms with Gasteiger partial charge in [-0.05, 0) is 31.2 Å². The van der Waals surface area contributed by atoms with E-state index in [1.165, 1.54) is 29.2 Å². The molecule has 0 bridgehead atoms. The molecule has 0 fully saturated rings. The third kappa shape index (κ3) is 5.02. The van der Waals surface area contributed by atoms with E-state index in [4.69, 9.17) is 9.15 Å². The number of thiazole rings is 1. The predicted molar refractivity (Wildman–Crippen MR) is 97.8 cm³/mol. The van der Waals surface area contributed by atoms with Crippen molar-refractivity contribution >= 4 is 29.1 Å². The number of alkyl halides is 3. The summed E-state index contributed by atoms with van der Waals surface area (Å²) in [7, 11) is 0. The standard InChI is InChI=1S/C18H12F3NO4S2/c1-10-8-27-17(22-10)28-9-13-6-14(23)15(7-25-13)26-16(24)11-2-4-12(5-3-11)18(19,20)21/h2-8H,9H2,1H3. The van der Waals surface area contributed by atoms with Gasteiger partial charge in [-0.3, -0.25) is 4.79 Å². The number of aryl methyl sites for hydroxylation is 1. The van der Waals surface area contributed by atoms with Crippen molar-refractivity contribution in [1.82, 2.24) is 4.98 Å². The van der Waals surface area contributed by atoms with Gasteiger partial charge in [0.1, 0.15) is 12.0 Å². The summed E-state index contributed by atoms with van der Waals surface area (Å²) in [5.74, 6) is -0.558. The molecule has 3 rings (SSSR count). The van der Waals surface area contributed by atoms with E-state index >= 15 is 0 Å². The second-order valence-electron chi connectivity index (χ2n) is 5.58. The van der Waals surface area contributed by atoms with Crippen LogP contribution in [0.25, 0.3) is 0 Å². The lowest BCUT2D eigenvalue weighted by Gasteiger charge is -2.07. The molecule has 3 aromatic rings. The third-order valence-electron chi connectivity index (χ3n) is 3.44. The first-order chi connectivity index (χ1) is 13.2. The molecule has 28 heavy (non-hydrogen) atoms. The van der Waals surface area contributed by atoms with E-state index in [9.17, 15) is 22.8 Å². The molecule has 146 valence electrons. The number of hydrogen-bond acceptors (Lipinski definition) is 7. The molecule has 10 heteroatoms. The van der Waals surface area contributed by atoms with Crippen molar-refractivity contribution < 1.29 is 27.1 Å². The largest absolute Gasteiger partial charge is 0.464 e. The Hall–Kier alpha value is -2.59. The summed E-state index contributed by atoms with van der Waals surface area (Å²) in [4.78, 5) is 28.4. The minimum absolute atomic E-state index is 0.119. The van der Waals surface area contributed by atoms with Gasteiger partial charge in [-0.25, -0.2) is 9.78 Å². The molecule has 5 nitrogen and oxygen atoms in total. The Balaban J connectivity index is 1.65. The van der Waals surface area contributed by atoms with Gasteiger partial charge in [0.15, 0.2) is 4.34 Å². The topological polar surface area (TPSA) is 69.4 Å². The molecule has 0 aliphatic heterocycles. The average Bonchev–Trinajstić information content (AvgIpc) is 3.06. The minimum Gasteiger partial charge on any atom is -0.464 e. The van der Waals surface area contributed by atoms with Gasteiger partial charge in [0.05, 0.1) is 16.9 Å². The average molecular weight is 427 g/mol. The van der Waals surface area contributed by atoms with Gasteiger partial charge in [0.25, 0.3) is 0 Å². The Bertz CT molecular complexity index is 1040. The Morgan fingerprint density at radius 3 is 2.57 bits per heavy atom. The lowest BCUT2D eigenvalue weighted by atomic mass is 10.1. The summed E-state index contributed by atoms with van der Waals surface area (Å²) in [6.07, 6.45) is -3.50. The van der Waals surface area contributed by atoms with Gasteiger partial charge in [0, 0.05) is 17.1 Å². The lowest BCUT2D eigenvalue weighted by Crippen LogP contribution is -2.15. The van der Waals surface area contributed by atoms with Gasteiger partial charge in [0.2, 0.25) is 11.2 Å². The summed E-state index contributed by atoms with van der Waals surface area (Å²) >= 11 is 2.87. The van der Waals surface area contributed by atoms with Crippen LogP contribution in [0.3, 0.4) is 0 Å². The molecule has 0 radical (unpaired) electrons. The van der Waals surface area contributed by atoms with Crippen LogP contribution in [0.2, 0.25) is 0 Å². The molecule has 0 amide bonds. The fourth-order valence-corrected chi connectivity index (χ4v) is 3.81. The van der Waals surface area contributed by atoms with Gasteiger partial charge >= 0.3 is 12.1 Å². The van der Waals surface area contributed by atoms with Crippen LogP contribution in [0.15, 0.2) is 55.5 Å². The maximum Gasteiger partial charge on any atom is 0.416 e. The first kappa shape index (κ1) is 20.2. The number of aromatic nitrogens is 1. The Morgan fingerprint density at radius 2 is 2.00 bits per heavy atom. The molecule has 0 saturated heterocycles. The maximum absolute atomic E-state index is 12.6. The van der Waals surface area contributed by atoms with Crippen molar-refractivity contribution in [3.05, 3.63) is 74.8 Å². The first-order valence-electron chi connectivity index (χ1n) is 7.78. The smallest absolute Gasteiger partial charge is 0.416 e. The number of halogens is 3. The van der Waals surface area contributed by atoms with Crippen LogP contribution >= 0.6 is 23.1 Å². The second kappa shape index (κ2) is 8.19. The van der Waals surface area contributed by atoms with Crippen molar-refractivity contribution in [2.75, 3.05) is 0 Å². The van der Waals surface area contributed by atoms with Gasteiger partial charge in [-0.2, -0.15) is 13.2 Å². The van der Waals surface area contributed by atoms with E-state index in [-0.39, 0.29) is 11.3 Å². The molecule has 0 saturated carbocycles. The monoisotopic (exact) mass is 427 g/mol. The number of rotatable bonds is 5. The fourth-order valence-electron chi connectivity index (χ4n) is 2.07. The van der Waals surface area contributed by atoms with Crippen molar-refractivity contribution in [1.29, 1.82) is 0 Å². The van der Waals surface area contributed by atoms with Crippen LogP contribution in [-0.4, -0.2) is 11.0 Å². The fraction of sp³-hybridized carbons (Fsp3) is 0.167. The van der Waals surface area contributed by atoms with E-state index in [2.05, 4.69) is 4.98 Å². The highest BCUT2D eigenvalue weighted by Gasteiger charge is 2.30. The number of esters is 1. The summed E-state index contributed by atoms with van der Waals surface area (Å²) in [6.45, 7) is 1.88. The zero-order chi connectivity index (χ0) is 20.3. The van der Waals surface area contributed by atoms with E-state index < -0.39 is 23.1 Å². The molecule has 0 spiro atoms. The Morgan fingerprint density at radius 1 is 1.29 bits per heavy atom. The summed E-state index contributed by atoms with van der Waals surface area (Å²) in [5, 5.41) is 1.91. The SMILES string of the molecule is Cc1csc(SCc2cc(=O)c(OC(=O)c3ccc(C(F)(F)F)cc3)co2)n1. The Kier molecular flexibility index (Phi) is 5.90. The highest BCUT2D eigenvalue weighted by atomic mass is 32.2. The number of ether oxygens (including phenoxy) is 1. The number of carbonyl (C=O) groups excluding carboxylic acids is 1. The second-order valence-corrected chi connectivity index (χ2v) is 7.66. The molecular formula is C18H12F3NO4S2. The van der Waals surface area contributed by atoms with Crippen LogP contribution in [0.5, 0.6) is 5.75 Å². The van der Waals surface area contributed by atoms with Gasteiger partial charge < -0.3 is 9.15 Å². The molecule has 2 heterocycles. The molecule has 1 aromatic carbocycles. The third-order valence-corrected chi connectivity index (χ3v) is 5.60. The van der Waals surface area contributed by atoms with E-state index in [0.29, 0.717) is 11.5 Å². The summed E-state index contributed by atoms with van der Waals surface area (Å²) < 4.78 is 48.7. The van der Waals surface area contributed by atoms with Crippen molar-refractivity contribution in [2.45, 2.75) is 23.2 Å². The highest BCUT2D eigenvalue weighted by Crippen LogP contribution is 2.29. The van der Waals surface area contributed by atoms with Crippen molar-refractivity contribution in [3.63, 3.8) is 0 Å². The molecule has 2 aromatic heterocycles. The number of benzene rings is 1. The highest BCUT2D eigenvalue weighted by molar-refractivity contribution is 8.00. The van der Waals surface area contributed by atoms with Crippen LogP contribution in [-0.2, 0) is 11.9 Å². The number of nitrogens with zero attached hydrogens (tertiary/aromatic N) is 1. The molecule has 0 N–H and O–H groups in total. The zero-order valence-electron chi connectivity index (χ0n) is 14.3. The number of hydrogen-bond donors (Lipinski definition) is 0. The normalized spacial score (nSPS) is 11.4. The zero-order valence-corrected chi connectivity index (χ0v) is 15.9. The molecule has 0 aliphatic rings. The maximum atomic E-state index is 12.6. The van der Waals surface area contributed by atoms with Gasteiger partial charge in [-0.15, -0.1) is 11.3 Å². The summed E-state index contributed by atoms with van der Waals surface area (Å²) in [6, 6.07) is 4.68. The van der Waals surface area contributed by atoms with Gasteiger partial charge in [-0.1, -0.05) is 11.8 Å².